The van der Waals surface area contributed by atoms with Crippen LogP contribution in [0.25, 0.3) is 0 Å². The Balaban J connectivity index is 1.50. The average molecular weight is 493 g/mol. The number of fused-ring (bicyclic) bond motifs is 1. The highest BCUT2D eigenvalue weighted by molar-refractivity contribution is 6.31. The molecule has 0 saturated heterocycles. The highest BCUT2D eigenvalue weighted by atomic mass is 35.5. The maximum Gasteiger partial charge on any atom is 0.243 e. The van der Waals surface area contributed by atoms with Crippen molar-refractivity contribution in [1.82, 2.24) is 10.6 Å². The van der Waals surface area contributed by atoms with Crippen LogP contribution in [0.5, 0.6) is 0 Å². The summed E-state index contributed by atoms with van der Waals surface area (Å²) >= 11 is 6.01. The summed E-state index contributed by atoms with van der Waals surface area (Å²) in [6, 6.07) is 21.2. The van der Waals surface area contributed by atoms with E-state index in [1.54, 1.807) is 6.92 Å². The summed E-state index contributed by atoms with van der Waals surface area (Å²) < 4.78 is 14.0. The van der Waals surface area contributed by atoms with E-state index in [-0.39, 0.29) is 17.0 Å². The Morgan fingerprint density at radius 2 is 1.80 bits per heavy atom. The van der Waals surface area contributed by atoms with Gasteiger partial charge in [-0.3, -0.25) is 14.6 Å². The lowest BCUT2D eigenvalue weighted by Crippen LogP contribution is -2.50. The van der Waals surface area contributed by atoms with Crippen LogP contribution in [0, 0.1) is 5.82 Å². The molecule has 4 rings (SSSR count). The molecule has 35 heavy (non-hydrogen) atoms. The van der Waals surface area contributed by atoms with E-state index in [0.29, 0.717) is 6.54 Å². The minimum atomic E-state index is -0.848. The molecule has 2 atom stereocenters. The topological polar surface area (TPSA) is 73.8 Å². The molecule has 1 aliphatic heterocycles. The van der Waals surface area contributed by atoms with Crippen molar-refractivity contribution in [2.24, 2.45) is 4.99 Å². The van der Waals surface area contributed by atoms with Gasteiger partial charge in [0.25, 0.3) is 0 Å². The van der Waals surface area contributed by atoms with E-state index in [9.17, 15) is 14.0 Å². The number of likely N-dealkylation sites (N-methyl/N-ethyl adjacent to an activating group) is 1. The van der Waals surface area contributed by atoms with Crippen molar-refractivity contribution in [3.63, 3.8) is 0 Å². The highest BCUT2D eigenvalue weighted by Crippen LogP contribution is 2.26. The lowest BCUT2D eigenvalue weighted by molar-refractivity contribution is -0.128. The summed E-state index contributed by atoms with van der Waals surface area (Å²) in [5.41, 5.74) is 3.80. The first-order valence-corrected chi connectivity index (χ1v) is 11.7. The van der Waals surface area contributed by atoms with Gasteiger partial charge >= 0.3 is 0 Å². The van der Waals surface area contributed by atoms with E-state index in [4.69, 9.17) is 16.6 Å². The van der Waals surface area contributed by atoms with Gasteiger partial charge < -0.3 is 15.5 Å². The Morgan fingerprint density at radius 1 is 1.09 bits per heavy atom. The molecule has 1 unspecified atom stereocenters. The zero-order valence-corrected chi connectivity index (χ0v) is 20.2. The van der Waals surface area contributed by atoms with Crippen molar-refractivity contribution < 1.29 is 14.0 Å². The minimum absolute atomic E-state index is 0.0968. The molecule has 0 radical (unpaired) electrons. The van der Waals surface area contributed by atoms with Gasteiger partial charge in [0.15, 0.2) is 0 Å². The number of aliphatic imine (C=N–C) groups is 1. The minimum Gasteiger partial charge on any atom is -0.370 e. The summed E-state index contributed by atoms with van der Waals surface area (Å²) in [5.74, 6) is -1.45. The van der Waals surface area contributed by atoms with Crippen molar-refractivity contribution in [2.45, 2.75) is 25.6 Å². The number of anilines is 1. The first-order valence-electron chi connectivity index (χ1n) is 11.3. The Labute approximate surface area is 208 Å². The second-order valence-electron chi connectivity index (χ2n) is 8.43. The predicted molar refractivity (Wildman–Crippen MR) is 136 cm³/mol. The molecular formula is C27H26ClFN4O2. The second kappa shape index (κ2) is 10.7. The third kappa shape index (κ3) is 5.69. The molecule has 1 aliphatic rings. The Hall–Kier alpha value is -3.71. The van der Waals surface area contributed by atoms with E-state index < -0.39 is 29.8 Å². The van der Waals surface area contributed by atoms with Crippen LogP contribution in [-0.4, -0.2) is 43.3 Å². The number of halogens is 2. The van der Waals surface area contributed by atoms with Gasteiger partial charge in [0.1, 0.15) is 18.0 Å². The summed E-state index contributed by atoms with van der Waals surface area (Å²) in [6.45, 7) is 2.03. The van der Waals surface area contributed by atoms with Crippen molar-refractivity contribution in [3.8, 4) is 0 Å². The first kappa shape index (κ1) is 24.4. The summed E-state index contributed by atoms with van der Waals surface area (Å²) in [7, 11) is 1.95. The van der Waals surface area contributed by atoms with Gasteiger partial charge in [-0.25, -0.2) is 4.39 Å². The number of hydrogen-bond donors (Lipinski definition) is 2. The number of rotatable bonds is 6. The maximum absolute atomic E-state index is 14.0. The van der Waals surface area contributed by atoms with E-state index in [1.165, 1.54) is 18.2 Å². The molecule has 0 aliphatic carbocycles. The van der Waals surface area contributed by atoms with E-state index in [0.717, 1.165) is 22.5 Å². The van der Waals surface area contributed by atoms with E-state index >= 15 is 0 Å². The molecule has 3 aromatic carbocycles. The second-order valence-corrected chi connectivity index (χ2v) is 8.84. The van der Waals surface area contributed by atoms with Crippen LogP contribution in [-0.2, 0) is 16.0 Å². The van der Waals surface area contributed by atoms with Crippen molar-refractivity contribution in [1.29, 1.82) is 0 Å². The van der Waals surface area contributed by atoms with Gasteiger partial charge in [-0.15, -0.1) is 0 Å². The lowest BCUT2D eigenvalue weighted by Gasteiger charge is -2.24. The molecule has 8 heteroatoms. The highest BCUT2D eigenvalue weighted by Gasteiger charge is 2.26. The van der Waals surface area contributed by atoms with Crippen LogP contribution in [0.4, 0.5) is 10.1 Å². The molecule has 0 saturated carbocycles. The largest absolute Gasteiger partial charge is 0.370 e. The Bertz CT molecular complexity index is 1240. The van der Waals surface area contributed by atoms with Crippen LogP contribution in [0.15, 0.2) is 77.8 Å². The standard InChI is InChI=1S/C27H26ClFN4O2/c1-17(30-25(34)15-20-21(28)12-8-13-22(20)29)27(35)32-24-16-33(2)23-14-7-6-11-19(23)26(31-24)18-9-4-3-5-10-18/h3-14,17,24H,15-16H2,1-2H3,(H,30,34)(H,32,35)/t17?,24-/m1/s1. The van der Waals surface area contributed by atoms with Gasteiger partial charge in [0.2, 0.25) is 11.8 Å². The fourth-order valence-electron chi connectivity index (χ4n) is 4.04. The lowest BCUT2D eigenvalue weighted by atomic mass is 10.0. The normalized spacial score (nSPS) is 15.9. The van der Waals surface area contributed by atoms with Gasteiger partial charge in [0.05, 0.1) is 18.7 Å². The zero-order valence-electron chi connectivity index (χ0n) is 19.5. The number of benzodiazepines with no additional fused rings is 1. The summed E-state index contributed by atoms with van der Waals surface area (Å²) in [5, 5.41) is 5.72. The molecule has 2 N–H and O–H groups in total. The fraction of sp³-hybridized carbons (Fsp3) is 0.222. The van der Waals surface area contributed by atoms with Gasteiger partial charge in [-0.2, -0.15) is 0 Å². The smallest absolute Gasteiger partial charge is 0.243 e. The first-order chi connectivity index (χ1) is 16.8. The SMILES string of the molecule is CC(NC(=O)Cc1c(F)cccc1Cl)C(=O)N[C@@H]1CN(C)c2ccccc2C(c2ccccc2)=N1. The number of carbonyl (C=O) groups excluding carboxylic acids is 2. The Morgan fingerprint density at radius 3 is 2.54 bits per heavy atom. The molecule has 180 valence electrons. The zero-order chi connectivity index (χ0) is 24.9. The number of nitrogens with zero attached hydrogens (tertiary/aromatic N) is 2. The van der Waals surface area contributed by atoms with Crippen LogP contribution in [0.3, 0.4) is 0 Å². The molecule has 0 aromatic heterocycles. The van der Waals surface area contributed by atoms with Crippen LogP contribution < -0.4 is 15.5 Å². The monoisotopic (exact) mass is 492 g/mol. The van der Waals surface area contributed by atoms with Gasteiger partial charge in [-0.1, -0.05) is 66.2 Å². The molecule has 0 bridgehead atoms. The van der Waals surface area contributed by atoms with Crippen molar-refractivity contribution in [3.05, 3.63) is 100 Å². The molecule has 0 spiro atoms. The molecule has 1 heterocycles. The van der Waals surface area contributed by atoms with Gasteiger partial charge in [0, 0.05) is 34.4 Å². The number of nitrogens with one attached hydrogen (secondary N) is 2. The van der Waals surface area contributed by atoms with Crippen molar-refractivity contribution in [2.75, 3.05) is 18.5 Å². The average Bonchev–Trinajstić information content (AvgIpc) is 2.98. The predicted octanol–water partition coefficient (Wildman–Crippen LogP) is 3.96. The van der Waals surface area contributed by atoms with Crippen LogP contribution in [0.1, 0.15) is 23.6 Å². The summed E-state index contributed by atoms with van der Waals surface area (Å²) in [4.78, 5) is 32.4. The molecule has 0 fully saturated rings. The van der Waals surface area contributed by atoms with Crippen LogP contribution in [0.2, 0.25) is 5.02 Å². The molecule has 6 nitrogen and oxygen atoms in total. The maximum atomic E-state index is 14.0. The Kier molecular flexibility index (Phi) is 7.46. The van der Waals surface area contributed by atoms with E-state index in [1.807, 2.05) is 66.5 Å². The third-order valence-electron chi connectivity index (χ3n) is 5.83. The molecule has 3 aromatic rings. The van der Waals surface area contributed by atoms with Crippen molar-refractivity contribution >= 4 is 34.8 Å². The number of benzene rings is 3. The number of carbonyl (C=O) groups is 2. The third-order valence-corrected chi connectivity index (χ3v) is 6.18. The van der Waals surface area contributed by atoms with Gasteiger partial charge in [-0.05, 0) is 25.1 Å². The molecular weight excluding hydrogens is 467 g/mol. The number of hydrogen-bond acceptors (Lipinski definition) is 4. The quantitative estimate of drug-likeness (QED) is 0.547. The number of amides is 2. The number of para-hydroxylation sites is 1. The summed E-state index contributed by atoms with van der Waals surface area (Å²) in [6.07, 6.45) is -0.809. The molecule has 2 amide bonds. The van der Waals surface area contributed by atoms with Crippen LogP contribution >= 0.6 is 11.6 Å². The van der Waals surface area contributed by atoms with E-state index in [2.05, 4.69) is 10.6 Å². The fourth-order valence-corrected chi connectivity index (χ4v) is 4.27.